The molecule has 1 unspecified atom stereocenters. The number of amides is 1. The number of nitrogens with one attached hydrogen (secondary N) is 1. The highest BCUT2D eigenvalue weighted by Gasteiger charge is 2.31. The van der Waals surface area contributed by atoms with Crippen molar-refractivity contribution in [2.45, 2.75) is 12.5 Å². The molecule has 114 valence electrons. The maximum absolute atomic E-state index is 13.7. The van der Waals surface area contributed by atoms with Crippen LogP contribution in [-0.4, -0.2) is 52.9 Å². The molecule has 1 atom stereocenters. The van der Waals surface area contributed by atoms with Gasteiger partial charge in [0.25, 0.3) is 5.91 Å². The molecule has 1 amide bonds. The van der Waals surface area contributed by atoms with Crippen molar-refractivity contribution in [2.75, 3.05) is 26.2 Å². The number of likely N-dealkylation sites (tertiary alicyclic amines) is 1. The van der Waals surface area contributed by atoms with E-state index in [-0.39, 0.29) is 11.7 Å². The zero-order chi connectivity index (χ0) is 15.1. The van der Waals surface area contributed by atoms with Gasteiger partial charge in [0.15, 0.2) is 0 Å². The van der Waals surface area contributed by atoms with Crippen LogP contribution in [0, 0.1) is 5.82 Å². The Balaban J connectivity index is 1.52. The number of aromatic amines is 1. The van der Waals surface area contributed by atoms with Gasteiger partial charge in [0.05, 0.1) is 0 Å². The Hall–Kier alpha value is -2.14. The second-order valence-corrected chi connectivity index (χ2v) is 6.00. The highest BCUT2D eigenvalue weighted by molar-refractivity contribution is 5.98. The van der Waals surface area contributed by atoms with Gasteiger partial charge in [-0.25, -0.2) is 4.39 Å². The summed E-state index contributed by atoms with van der Waals surface area (Å²) in [5.41, 5.74) is 1.14. The van der Waals surface area contributed by atoms with Crippen LogP contribution in [0.3, 0.4) is 0 Å². The van der Waals surface area contributed by atoms with Crippen molar-refractivity contribution < 1.29 is 9.18 Å². The maximum Gasteiger partial charge on any atom is 0.270 e. The van der Waals surface area contributed by atoms with Crippen LogP contribution < -0.4 is 0 Å². The molecular weight excluding hydrogens is 281 g/mol. The summed E-state index contributed by atoms with van der Waals surface area (Å²) in [5.74, 6) is -0.333. The fourth-order valence-corrected chi connectivity index (χ4v) is 3.42. The van der Waals surface area contributed by atoms with Crippen LogP contribution in [0.15, 0.2) is 36.4 Å². The van der Waals surface area contributed by atoms with Gasteiger partial charge in [0, 0.05) is 43.1 Å². The lowest BCUT2D eigenvalue weighted by Gasteiger charge is -2.23. The number of fused-ring (bicyclic) bond motifs is 1. The Morgan fingerprint density at radius 2 is 2.09 bits per heavy atom. The SMILES string of the molecule is O=C(c1cc2c(F)cccc2[nH]1)N1CCC(N2CC=CC2)C1. The van der Waals surface area contributed by atoms with Crippen LogP contribution in [0.1, 0.15) is 16.9 Å². The second-order valence-electron chi connectivity index (χ2n) is 6.00. The van der Waals surface area contributed by atoms with Crippen molar-refractivity contribution >= 4 is 16.8 Å². The van der Waals surface area contributed by atoms with E-state index in [4.69, 9.17) is 0 Å². The van der Waals surface area contributed by atoms with Crippen LogP contribution in [0.2, 0.25) is 0 Å². The van der Waals surface area contributed by atoms with Gasteiger partial charge in [-0.15, -0.1) is 0 Å². The molecule has 22 heavy (non-hydrogen) atoms. The van der Waals surface area contributed by atoms with Gasteiger partial charge in [0.1, 0.15) is 11.5 Å². The first-order valence-corrected chi connectivity index (χ1v) is 7.68. The number of nitrogens with zero attached hydrogens (tertiary/aromatic N) is 2. The van der Waals surface area contributed by atoms with E-state index in [0.717, 1.165) is 32.6 Å². The number of carbonyl (C=O) groups is 1. The monoisotopic (exact) mass is 299 g/mol. The third-order valence-corrected chi connectivity index (χ3v) is 4.65. The Bertz CT molecular complexity index is 743. The van der Waals surface area contributed by atoms with Gasteiger partial charge in [-0.05, 0) is 24.6 Å². The van der Waals surface area contributed by atoms with Crippen molar-refractivity contribution in [1.29, 1.82) is 0 Å². The molecule has 1 fully saturated rings. The molecule has 4 nitrogen and oxygen atoms in total. The molecule has 5 heteroatoms. The number of rotatable bonds is 2. The quantitative estimate of drug-likeness (QED) is 0.865. The van der Waals surface area contributed by atoms with Crippen molar-refractivity contribution in [3.63, 3.8) is 0 Å². The van der Waals surface area contributed by atoms with E-state index < -0.39 is 0 Å². The van der Waals surface area contributed by atoms with E-state index in [0.29, 0.717) is 22.6 Å². The van der Waals surface area contributed by atoms with Gasteiger partial charge in [-0.3, -0.25) is 9.69 Å². The predicted molar refractivity (Wildman–Crippen MR) is 83.3 cm³/mol. The van der Waals surface area contributed by atoms with Crippen LogP contribution in [0.25, 0.3) is 10.9 Å². The summed E-state index contributed by atoms with van der Waals surface area (Å²) in [6.07, 6.45) is 5.35. The standard InChI is InChI=1S/C17H18FN3O/c18-14-4-3-5-15-13(14)10-16(19-15)17(22)21-9-6-12(11-21)20-7-1-2-8-20/h1-5,10,12,19H,6-9,11H2. The zero-order valence-electron chi connectivity index (χ0n) is 12.3. The zero-order valence-corrected chi connectivity index (χ0v) is 12.3. The van der Waals surface area contributed by atoms with E-state index >= 15 is 0 Å². The van der Waals surface area contributed by atoms with Crippen molar-refractivity contribution in [2.24, 2.45) is 0 Å². The third kappa shape index (κ3) is 2.22. The van der Waals surface area contributed by atoms with E-state index in [1.165, 1.54) is 6.07 Å². The maximum atomic E-state index is 13.7. The first-order valence-electron chi connectivity index (χ1n) is 7.68. The minimum atomic E-state index is -0.296. The average molecular weight is 299 g/mol. The number of H-pyrrole nitrogens is 1. The molecule has 2 aliphatic heterocycles. The molecule has 2 aliphatic rings. The summed E-state index contributed by atoms with van der Waals surface area (Å²) in [5, 5.41) is 0.477. The van der Waals surface area contributed by atoms with Crippen LogP contribution in [0.5, 0.6) is 0 Å². The molecule has 1 aromatic carbocycles. The van der Waals surface area contributed by atoms with E-state index in [1.807, 2.05) is 4.90 Å². The first-order chi connectivity index (χ1) is 10.7. The summed E-state index contributed by atoms with van der Waals surface area (Å²) in [7, 11) is 0. The molecule has 0 aliphatic carbocycles. The average Bonchev–Trinajstić information content (AvgIpc) is 3.25. The fourth-order valence-electron chi connectivity index (χ4n) is 3.42. The van der Waals surface area contributed by atoms with E-state index in [9.17, 15) is 9.18 Å². The Kier molecular flexibility index (Phi) is 3.22. The smallest absolute Gasteiger partial charge is 0.270 e. The molecule has 4 rings (SSSR count). The predicted octanol–water partition coefficient (Wildman–Crippen LogP) is 2.39. The second kappa shape index (κ2) is 5.25. The summed E-state index contributed by atoms with van der Waals surface area (Å²) < 4.78 is 13.7. The van der Waals surface area contributed by atoms with Crippen molar-refractivity contribution in [3.8, 4) is 0 Å². The van der Waals surface area contributed by atoms with Crippen LogP contribution in [-0.2, 0) is 0 Å². The number of carbonyl (C=O) groups excluding carboxylic acids is 1. The van der Waals surface area contributed by atoms with Crippen LogP contribution >= 0.6 is 0 Å². The van der Waals surface area contributed by atoms with Gasteiger partial charge in [-0.2, -0.15) is 0 Å². The normalized spacial score (nSPS) is 22.0. The topological polar surface area (TPSA) is 39.3 Å². The molecule has 1 N–H and O–H groups in total. The molecule has 1 aromatic heterocycles. The number of aromatic nitrogens is 1. The Labute approximate surface area is 128 Å². The lowest BCUT2D eigenvalue weighted by atomic mass is 10.2. The summed E-state index contributed by atoms with van der Waals surface area (Å²) >= 11 is 0. The van der Waals surface area contributed by atoms with Crippen molar-refractivity contribution in [1.82, 2.24) is 14.8 Å². The lowest BCUT2D eigenvalue weighted by Crippen LogP contribution is -2.37. The van der Waals surface area contributed by atoms with E-state index in [2.05, 4.69) is 22.0 Å². The molecular formula is C17H18FN3O. The van der Waals surface area contributed by atoms with Gasteiger partial charge in [-0.1, -0.05) is 18.2 Å². The minimum absolute atomic E-state index is 0.0368. The largest absolute Gasteiger partial charge is 0.350 e. The molecule has 2 aromatic rings. The lowest BCUT2D eigenvalue weighted by molar-refractivity contribution is 0.0776. The molecule has 3 heterocycles. The summed E-state index contributed by atoms with van der Waals surface area (Å²) in [6, 6.07) is 6.90. The summed E-state index contributed by atoms with van der Waals surface area (Å²) in [6.45, 7) is 3.46. The number of hydrogen-bond acceptors (Lipinski definition) is 2. The molecule has 0 spiro atoms. The first kappa shape index (κ1) is 13.5. The third-order valence-electron chi connectivity index (χ3n) is 4.65. The highest BCUT2D eigenvalue weighted by Crippen LogP contribution is 2.23. The fraction of sp³-hybridized carbons (Fsp3) is 0.353. The number of benzene rings is 1. The number of halogens is 1. The molecule has 1 saturated heterocycles. The van der Waals surface area contributed by atoms with E-state index in [1.54, 1.807) is 18.2 Å². The summed E-state index contributed by atoms with van der Waals surface area (Å²) in [4.78, 5) is 19.9. The Morgan fingerprint density at radius 1 is 1.27 bits per heavy atom. The molecule has 0 saturated carbocycles. The van der Waals surface area contributed by atoms with Gasteiger partial charge < -0.3 is 9.88 Å². The molecule has 0 bridgehead atoms. The minimum Gasteiger partial charge on any atom is -0.350 e. The Morgan fingerprint density at radius 3 is 2.86 bits per heavy atom. The molecule has 0 radical (unpaired) electrons. The van der Waals surface area contributed by atoms with Gasteiger partial charge in [0.2, 0.25) is 0 Å². The number of hydrogen-bond donors (Lipinski definition) is 1. The van der Waals surface area contributed by atoms with Gasteiger partial charge >= 0.3 is 0 Å². The van der Waals surface area contributed by atoms with Crippen molar-refractivity contribution in [3.05, 3.63) is 47.9 Å². The van der Waals surface area contributed by atoms with Crippen LogP contribution in [0.4, 0.5) is 4.39 Å². The highest BCUT2D eigenvalue weighted by atomic mass is 19.1.